The highest BCUT2D eigenvalue weighted by atomic mass is 16.7. The molecule has 0 radical (unpaired) electrons. The number of epoxide rings is 1. The number of fused-ring (bicyclic) bond motifs is 2. The third kappa shape index (κ3) is 3.78. The molecule has 0 aromatic heterocycles. The van der Waals surface area contributed by atoms with Crippen LogP contribution in [0.2, 0.25) is 0 Å². The fourth-order valence-corrected chi connectivity index (χ4v) is 7.29. The third-order valence-electron chi connectivity index (χ3n) is 9.76. The Kier molecular flexibility index (Phi) is 6.23. The van der Waals surface area contributed by atoms with Crippen LogP contribution in [0, 0.1) is 10.8 Å². The number of cyclic esters (lactones) is 1. The minimum absolute atomic E-state index is 0.0661. The second kappa shape index (κ2) is 9.13. The van der Waals surface area contributed by atoms with Gasteiger partial charge in [0.1, 0.15) is 30.5 Å². The Balaban J connectivity index is 1.39. The van der Waals surface area contributed by atoms with Crippen molar-refractivity contribution in [3.8, 4) is 0 Å². The molecule has 2 spiro atoms. The summed E-state index contributed by atoms with van der Waals surface area (Å²) in [7, 11) is 0. The van der Waals surface area contributed by atoms with Crippen LogP contribution in [-0.2, 0) is 38.0 Å². The quantitative estimate of drug-likeness (QED) is 0.288. The van der Waals surface area contributed by atoms with Gasteiger partial charge in [0, 0.05) is 24.0 Å². The average molecular weight is 529 g/mol. The van der Waals surface area contributed by atoms with Gasteiger partial charge in [-0.15, -0.1) is 0 Å². The molecule has 38 heavy (non-hydrogen) atoms. The summed E-state index contributed by atoms with van der Waals surface area (Å²) in [6.07, 6.45) is 8.09. The molecule has 0 aromatic rings. The number of carbonyl (C=O) groups excluding carboxylic acids is 2. The van der Waals surface area contributed by atoms with Crippen molar-refractivity contribution in [2.24, 2.45) is 10.8 Å². The van der Waals surface area contributed by atoms with E-state index in [2.05, 4.69) is 19.9 Å². The molecule has 10 atom stereocenters. The van der Waals surface area contributed by atoms with Gasteiger partial charge in [0.2, 0.25) is 0 Å². The smallest absolute Gasteiger partial charge is 0.331 e. The van der Waals surface area contributed by atoms with Crippen LogP contribution in [-0.4, -0.2) is 78.8 Å². The maximum absolute atomic E-state index is 13.1. The molecule has 2 aliphatic carbocycles. The Labute approximate surface area is 222 Å². The monoisotopic (exact) mass is 528 g/mol. The summed E-state index contributed by atoms with van der Waals surface area (Å²) in [5, 5.41) is 10.8. The van der Waals surface area contributed by atoms with Crippen molar-refractivity contribution in [1.29, 1.82) is 0 Å². The van der Waals surface area contributed by atoms with Gasteiger partial charge in [-0.1, -0.05) is 36.8 Å². The second-order valence-corrected chi connectivity index (χ2v) is 11.8. The van der Waals surface area contributed by atoms with E-state index in [0.717, 1.165) is 6.42 Å². The number of carbonyl (C=O) groups is 2. The maximum Gasteiger partial charge on any atom is 0.331 e. The summed E-state index contributed by atoms with van der Waals surface area (Å²) in [6.45, 7) is 8.24. The van der Waals surface area contributed by atoms with Crippen LogP contribution in [0.15, 0.2) is 47.6 Å². The first kappa shape index (κ1) is 26.0. The van der Waals surface area contributed by atoms with Crippen LogP contribution in [0.5, 0.6) is 0 Å². The van der Waals surface area contributed by atoms with Crippen molar-refractivity contribution >= 4 is 11.9 Å². The fraction of sp³-hybridized carbons (Fsp3) is 0.655. The van der Waals surface area contributed by atoms with E-state index in [1.165, 1.54) is 17.7 Å². The summed E-state index contributed by atoms with van der Waals surface area (Å²) in [4.78, 5) is 26.0. The predicted octanol–water partition coefficient (Wildman–Crippen LogP) is 2.68. The van der Waals surface area contributed by atoms with E-state index in [1.54, 1.807) is 25.2 Å². The lowest BCUT2D eigenvalue weighted by Crippen LogP contribution is -2.66. The molecule has 4 aliphatic heterocycles. The molecule has 4 heterocycles. The van der Waals surface area contributed by atoms with E-state index < -0.39 is 53.0 Å². The highest BCUT2D eigenvalue weighted by Gasteiger charge is 2.83. The van der Waals surface area contributed by atoms with Crippen molar-refractivity contribution in [3.05, 3.63) is 47.6 Å². The molecular formula is C29H36O9. The summed E-state index contributed by atoms with van der Waals surface area (Å²) in [5.41, 5.74) is -0.284. The van der Waals surface area contributed by atoms with Gasteiger partial charge in [0.25, 0.3) is 0 Å². The first-order valence-corrected chi connectivity index (χ1v) is 13.5. The minimum atomic E-state index is -1.14. The number of ether oxygens (including phenoxy) is 6. The predicted molar refractivity (Wildman–Crippen MR) is 134 cm³/mol. The number of rotatable bonds is 0. The van der Waals surface area contributed by atoms with Crippen molar-refractivity contribution in [2.45, 2.75) is 95.5 Å². The number of hydrogen-bond donors (Lipinski definition) is 1. The molecular weight excluding hydrogens is 492 g/mol. The van der Waals surface area contributed by atoms with E-state index in [0.29, 0.717) is 25.0 Å². The Hall–Kier alpha value is -2.30. The van der Waals surface area contributed by atoms with Crippen LogP contribution in [0.1, 0.15) is 47.0 Å². The molecule has 206 valence electrons. The molecule has 4 fully saturated rings. The van der Waals surface area contributed by atoms with E-state index in [4.69, 9.17) is 28.4 Å². The molecule has 1 saturated carbocycles. The SMILES string of the molecule is CC1=C[C@H]2O[C@@H]3C[C@H]4OC(=O)/C=C\C=C\[C@H]5O[C@H](O[C@@H]5C)[C@@H](O)/C(C)=C\C(=O)OC[C@@]2(CC1)[C@]4(C)[C@]31CO1. The molecule has 6 rings (SSSR count). The zero-order valence-corrected chi connectivity index (χ0v) is 22.3. The van der Waals surface area contributed by atoms with Crippen molar-refractivity contribution < 1.29 is 43.1 Å². The first-order chi connectivity index (χ1) is 18.1. The standard InChI is InChI=1S/C29H36O9/c1-16-9-10-28-14-33-24(31)12-17(2)25(32)26-35-18(3)19(36-26)7-5-6-8-23(30)38-20-13-22(37-21(28)11-16)29(15-34-29)27(20,28)4/h5-8,11-12,18-22,25-26,32H,9-10,13-15H2,1-4H3/b7-5+,8-6-,17-12-/t18-,19-,20-,21-,22-,25+,26+,27-,28-,29+/m1/s1. The largest absolute Gasteiger partial charge is 0.462 e. The molecule has 0 aromatic carbocycles. The lowest BCUT2D eigenvalue weighted by Gasteiger charge is -2.58. The molecule has 4 bridgehead atoms. The van der Waals surface area contributed by atoms with Crippen LogP contribution in [0.3, 0.4) is 0 Å². The van der Waals surface area contributed by atoms with Crippen molar-refractivity contribution in [3.63, 3.8) is 0 Å². The highest BCUT2D eigenvalue weighted by molar-refractivity contribution is 5.83. The maximum atomic E-state index is 13.1. The van der Waals surface area contributed by atoms with Crippen LogP contribution < -0.4 is 0 Å². The zero-order chi connectivity index (χ0) is 26.9. The molecule has 1 N–H and O–H groups in total. The normalized spacial score (nSPS) is 51.4. The molecule has 9 nitrogen and oxygen atoms in total. The Bertz CT molecular complexity index is 1130. The topological polar surface area (TPSA) is 113 Å². The molecule has 0 amide bonds. The Morgan fingerprint density at radius 1 is 1.03 bits per heavy atom. The van der Waals surface area contributed by atoms with Gasteiger partial charge in [-0.05, 0) is 39.2 Å². The third-order valence-corrected chi connectivity index (χ3v) is 9.76. The number of hydrogen-bond acceptors (Lipinski definition) is 9. The fourth-order valence-electron chi connectivity index (χ4n) is 7.29. The Morgan fingerprint density at radius 3 is 2.58 bits per heavy atom. The number of aliphatic hydroxyl groups excluding tert-OH is 1. The molecule has 0 unspecified atom stereocenters. The minimum Gasteiger partial charge on any atom is -0.462 e. The lowest BCUT2D eigenvalue weighted by molar-refractivity contribution is -0.232. The average Bonchev–Trinajstić information content (AvgIpc) is 3.57. The van der Waals surface area contributed by atoms with Gasteiger partial charge in [-0.25, -0.2) is 9.59 Å². The second-order valence-electron chi connectivity index (χ2n) is 11.8. The molecule has 3 saturated heterocycles. The van der Waals surface area contributed by atoms with E-state index in [1.807, 2.05) is 6.92 Å². The number of esters is 2. The molecule has 6 aliphatic rings. The Morgan fingerprint density at radius 2 is 1.82 bits per heavy atom. The summed E-state index contributed by atoms with van der Waals surface area (Å²) < 4.78 is 36.4. The highest BCUT2D eigenvalue weighted by Crippen LogP contribution is 2.72. The summed E-state index contributed by atoms with van der Waals surface area (Å²) in [5.74, 6) is -1.03. The van der Waals surface area contributed by atoms with Gasteiger partial charge in [0.15, 0.2) is 6.29 Å². The van der Waals surface area contributed by atoms with Crippen LogP contribution >= 0.6 is 0 Å². The van der Waals surface area contributed by atoms with E-state index in [-0.39, 0.29) is 24.9 Å². The van der Waals surface area contributed by atoms with Gasteiger partial charge in [-0.3, -0.25) is 0 Å². The summed E-state index contributed by atoms with van der Waals surface area (Å²) >= 11 is 0. The number of aliphatic hydroxyl groups is 1. The van der Waals surface area contributed by atoms with Gasteiger partial charge >= 0.3 is 11.9 Å². The summed E-state index contributed by atoms with van der Waals surface area (Å²) in [6, 6.07) is 0. The van der Waals surface area contributed by atoms with Gasteiger partial charge in [-0.2, -0.15) is 0 Å². The van der Waals surface area contributed by atoms with Crippen molar-refractivity contribution in [1.82, 2.24) is 0 Å². The van der Waals surface area contributed by atoms with Gasteiger partial charge in [0.05, 0.1) is 30.3 Å². The van der Waals surface area contributed by atoms with Crippen LogP contribution in [0.25, 0.3) is 0 Å². The van der Waals surface area contributed by atoms with Crippen molar-refractivity contribution in [2.75, 3.05) is 13.2 Å². The molecule has 9 heteroatoms. The lowest BCUT2D eigenvalue weighted by atomic mass is 9.51. The first-order valence-electron chi connectivity index (χ1n) is 13.5. The van der Waals surface area contributed by atoms with Crippen LogP contribution in [0.4, 0.5) is 0 Å². The van der Waals surface area contributed by atoms with E-state index in [9.17, 15) is 14.7 Å². The number of allylic oxidation sites excluding steroid dienone is 3. The van der Waals surface area contributed by atoms with E-state index >= 15 is 0 Å². The van der Waals surface area contributed by atoms with Gasteiger partial charge < -0.3 is 33.5 Å². The zero-order valence-electron chi connectivity index (χ0n) is 22.3.